The molecule has 0 radical (unpaired) electrons. The maximum atomic E-state index is 13.5. The van der Waals surface area contributed by atoms with Crippen LogP contribution in [0, 0.1) is 23.7 Å². The molecule has 0 aromatic heterocycles. The van der Waals surface area contributed by atoms with E-state index in [0.29, 0.717) is 5.56 Å². The predicted molar refractivity (Wildman–Crippen MR) is 170 cm³/mol. The van der Waals surface area contributed by atoms with E-state index < -0.39 is 23.8 Å². The summed E-state index contributed by atoms with van der Waals surface area (Å²) in [5.41, 5.74) is 3.46. The molecule has 222 valence electrons. The Hall–Kier alpha value is -5.92. The van der Waals surface area contributed by atoms with Crippen molar-refractivity contribution in [3.05, 3.63) is 136 Å². The Morgan fingerprint density at radius 2 is 1.24 bits per heavy atom. The number of ether oxygens (including phenoxy) is 2. The molecule has 1 atom stereocenters. The highest BCUT2D eigenvalue weighted by atomic mass is 16.5. The lowest BCUT2D eigenvalue weighted by Crippen LogP contribution is -2.30. The van der Waals surface area contributed by atoms with E-state index in [1.165, 1.54) is 32.4 Å². The quantitative estimate of drug-likeness (QED) is 0.156. The SMILES string of the molecule is CCC(C)(C#Cc1ccccc1)c1ccc(C#Cc2ccc3c(c2)C(=O)N(c2cc(C(=O)OC)cc(C(=O)OC)c2)C3=O)cc1. The molecule has 0 spiro atoms. The number of fused-ring (bicyclic) bond motifs is 1. The Kier molecular flexibility index (Phi) is 8.65. The molecule has 0 saturated carbocycles. The minimum atomic E-state index is -0.733. The van der Waals surface area contributed by atoms with E-state index in [0.717, 1.165) is 28.0 Å². The van der Waals surface area contributed by atoms with Gasteiger partial charge in [0.1, 0.15) is 0 Å². The van der Waals surface area contributed by atoms with Crippen LogP contribution in [0.2, 0.25) is 0 Å². The third-order valence-corrected chi connectivity index (χ3v) is 7.74. The van der Waals surface area contributed by atoms with E-state index in [4.69, 9.17) is 9.47 Å². The second kappa shape index (κ2) is 12.8. The fraction of sp³-hybridized carbons (Fsp3) is 0.158. The number of hydrogen-bond donors (Lipinski definition) is 0. The van der Waals surface area contributed by atoms with E-state index in [2.05, 4.69) is 37.5 Å². The first-order chi connectivity index (χ1) is 21.7. The van der Waals surface area contributed by atoms with Crippen LogP contribution in [0.3, 0.4) is 0 Å². The summed E-state index contributed by atoms with van der Waals surface area (Å²) in [4.78, 5) is 52.1. The average molecular weight is 596 g/mol. The van der Waals surface area contributed by atoms with Gasteiger partial charge in [0.25, 0.3) is 11.8 Å². The molecule has 0 fully saturated rings. The zero-order valence-electron chi connectivity index (χ0n) is 25.3. The molecule has 0 saturated heterocycles. The van der Waals surface area contributed by atoms with Crippen molar-refractivity contribution in [3.8, 4) is 23.7 Å². The highest BCUT2D eigenvalue weighted by Gasteiger charge is 2.37. The molecule has 1 aliphatic heterocycles. The van der Waals surface area contributed by atoms with Crippen LogP contribution in [-0.4, -0.2) is 38.0 Å². The fourth-order valence-corrected chi connectivity index (χ4v) is 4.93. The van der Waals surface area contributed by atoms with Gasteiger partial charge < -0.3 is 9.47 Å². The third kappa shape index (κ3) is 6.25. The number of anilines is 1. The van der Waals surface area contributed by atoms with Gasteiger partial charge in [0, 0.05) is 16.7 Å². The zero-order valence-corrected chi connectivity index (χ0v) is 25.3. The highest BCUT2D eigenvalue weighted by Crippen LogP contribution is 2.31. The van der Waals surface area contributed by atoms with E-state index in [1.807, 2.05) is 54.6 Å². The number of benzene rings is 4. The number of hydrogen-bond acceptors (Lipinski definition) is 6. The van der Waals surface area contributed by atoms with Gasteiger partial charge in [-0.3, -0.25) is 9.59 Å². The molecule has 0 N–H and O–H groups in total. The van der Waals surface area contributed by atoms with Crippen molar-refractivity contribution >= 4 is 29.4 Å². The number of esters is 2. The number of amides is 2. The standard InChI is InChI=1S/C38H29NO6/c1-5-38(2,20-19-25-9-7-6-8-10-25)30-16-13-26(14-17-30)11-12-27-15-18-32-33(21-27)35(41)39(34(32)40)31-23-28(36(42)44-3)22-29(24-31)37(43)45-4/h6-10,13-18,21-24H,5H2,1-4H3. The van der Waals surface area contributed by atoms with Gasteiger partial charge in [-0.2, -0.15) is 0 Å². The molecule has 4 aromatic rings. The monoisotopic (exact) mass is 595 g/mol. The van der Waals surface area contributed by atoms with Crippen LogP contribution in [0.1, 0.15) is 84.0 Å². The summed E-state index contributed by atoms with van der Waals surface area (Å²) in [6, 6.07) is 26.5. The molecule has 1 heterocycles. The maximum Gasteiger partial charge on any atom is 0.337 e. The van der Waals surface area contributed by atoms with Gasteiger partial charge in [0.2, 0.25) is 0 Å². The van der Waals surface area contributed by atoms with Crippen molar-refractivity contribution in [3.63, 3.8) is 0 Å². The predicted octanol–water partition coefficient (Wildman–Crippen LogP) is 6.18. The summed E-state index contributed by atoms with van der Waals surface area (Å²) >= 11 is 0. The summed E-state index contributed by atoms with van der Waals surface area (Å²) in [5, 5.41) is 0. The Balaban J connectivity index is 1.39. The Labute approximate surface area is 261 Å². The van der Waals surface area contributed by atoms with Gasteiger partial charge in [-0.25, -0.2) is 14.5 Å². The lowest BCUT2D eigenvalue weighted by atomic mass is 9.80. The summed E-state index contributed by atoms with van der Waals surface area (Å²) in [7, 11) is 2.38. The Morgan fingerprint density at radius 1 is 0.689 bits per heavy atom. The van der Waals surface area contributed by atoms with Gasteiger partial charge in [0.05, 0.1) is 47.6 Å². The van der Waals surface area contributed by atoms with E-state index in [1.54, 1.807) is 18.2 Å². The van der Waals surface area contributed by atoms with Crippen LogP contribution < -0.4 is 4.90 Å². The molecule has 2 amide bonds. The lowest BCUT2D eigenvalue weighted by Gasteiger charge is -2.22. The molecule has 1 unspecified atom stereocenters. The molecule has 45 heavy (non-hydrogen) atoms. The number of carbonyl (C=O) groups is 4. The minimum absolute atomic E-state index is 0.00739. The topological polar surface area (TPSA) is 90.0 Å². The van der Waals surface area contributed by atoms with Crippen LogP contribution in [0.25, 0.3) is 0 Å². The number of carbonyl (C=O) groups excluding carboxylic acids is 4. The van der Waals surface area contributed by atoms with Gasteiger partial charge in [0.15, 0.2) is 0 Å². The highest BCUT2D eigenvalue weighted by molar-refractivity contribution is 6.34. The summed E-state index contributed by atoms with van der Waals surface area (Å²) < 4.78 is 9.55. The molecular weight excluding hydrogens is 566 g/mol. The number of imide groups is 1. The molecule has 1 aliphatic rings. The first kappa shape index (κ1) is 30.5. The van der Waals surface area contributed by atoms with Crippen molar-refractivity contribution in [1.29, 1.82) is 0 Å². The molecule has 7 heteroatoms. The largest absolute Gasteiger partial charge is 0.465 e. The minimum Gasteiger partial charge on any atom is -0.465 e. The number of rotatable bonds is 5. The molecule has 4 aromatic carbocycles. The van der Waals surface area contributed by atoms with Gasteiger partial charge in [-0.15, -0.1) is 0 Å². The molecule has 5 rings (SSSR count). The first-order valence-corrected chi connectivity index (χ1v) is 14.2. The van der Waals surface area contributed by atoms with Crippen LogP contribution in [0.4, 0.5) is 5.69 Å². The summed E-state index contributed by atoms with van der Waals surface area (Å²) in [6.07, 6.45) is 0.841. The van der Waals surface area contributed by atoms with Crippen molar-refractivity contribution in [2.24, 2.45) is 0 Å². The number of methoxy groups -OCH3 is 2. The first-order valence-electron chi connectivity index (χ1n) is 14.2. The lowest BCUT2D eigenvalue weighted by molar-refractivity contribution is 0.0597. The zero-order chi connectivity index (χ0) is 32.1. The normalized spacial score (nSPS) is 13.0. The van der Waals surface area contributed by atoms with Crippen molar-refractivity contribution < 1.29 is 28.7 Å². The van der Waals surface area contributed by atoms with E-state index >= 15 is 0 Å². The number of nitrogens with zero attached hydrogens (tertiary/aromatic N) is 1. The molecular formula is C38H29NO6. The average Bonchev–Trinajstić information content (AvgIpc) is 3.34. The smallest absolute Gasteiger partial charge is 0.337 e. The van der Waals surface area contributed by atoms with Gasteiger partial charge in [-0.1, -0.05) is 60.9 Å². The van der Waals surface area contributed by atoms with Crippen LogP contribution >= 0.6 is 0 Å². The Morgan fingerprint density at radius 3 is 1.84 bits per heavy atom. The van der Waals surface area contributed by atoms with Crippen LogP contribution in [0.5, 0.6) is 0 Å². The molecule has 0 bridgehead atoms. The second-order valence-electron chi connectivity index (χ2n) is 10.6. The van der Waals surface area contributed by atoms with Crippen molar-refractivity contribution in [1.82, 2.24) is 0 Å². The summed E-state index contributed by atoms with van der Waals surface area (Å²) in [5.74, 6) is 10.3. The summed E-state index contributed by atoms with van der Waals surface area (Å²) in [6.45, 7) is 4.24. The van der Waals surface area contributed by atoms with Crippen LogP contribution in [0.15, 0.2) is 91.0 Å². The third-order valence-electron chi connectivity index (χ3n) is 7.74. The van der Waals surface area contributed by atoms with E-state index in [-0.39, 0.29) is 33.4 Å². The Bertz CT molecular complexity index is 1920. The van der Waals surface area contributed by atoms with Crippen molar-refractivity contribution in [2.45, 2.75) is 25.7 Å². The maximum absolute atomic E-state index is 13.5. The van der Waals surface area contributed by atoms with E-state index in [9.17, 15) is 19.2 Å². The van der Waals surface area contributed by atoms with Gasteiger partial charge >= 0.3 is 11.9 Å². The fourth-order valence-electron chi connectivity index (χ4n) is 4.93. The van der Waals surface area contributed by atoms with Crippen molar-refractivity contribution in [2.75, 3.05) is 19.1 Å². The van der Waals surface area contributed by atoms with Gasteiger partial charge in [-0.05, 0) is 79.6 Å². The van der Waals surface area contributed by atoms with Crippen LogP contribution in [-0.2, 0) is 14.9 Å². The second-order valence-corrected chi connectivity index (χ2v) is 10.6. The molecule has 0 aliphatic carbocycles. The molecule has 7 nitrogen and oxygen atoms in total.